The molecule has 0 saturated heterocycles. The van der Waals surface area contributed by atoms with Crippen molar-refractivity contribution in [2.24, 2.45) is 0 Å². The number of hydrogen-bond donors (Lipinski definition) is 1. The SMILES string of the molecule is COc1ccc(C(Cc2ccccn2)c2ccc3cccnc3c2O)cc1OC. The quantitative estimate of drug-likeness (QED) is 0.519. The van der Waals surface area contributed by atoms with E-state index in [0.717, 1.165) is 22.2 Å². The van der Waals surface area contributed by atoms with E-state index in [9.17, 15) is 5.11 Å². The van der Waals surface area contributed by atoms with Crippen molar-refractivity contribution in [2.45, 2.75) is 12.3 Å². The van der Waals surface area contributed by atoms with Gasteiger partial charge in [0, 0.05) is 41.4 Å². The van der Waals surface area contributed by atoms with Gasteiger partial charge in [-0.15, -0.1) is 0 Å². The molecule has 1 unspecified atom stereocenters. The van der Waals surface area contributed by atoms with Crippen LogP contribution in [0.5, 0.6) is 17.2 Å². The minimum atomic E-state index is -0.129. The van der Waals surface area contributed by atoms with Crippen LogP contribution in [-0.4, -0.2) is 29.3 Å². The molecular weight excluding hydrogens is 364 g/mol. The number of phenolic OH excluding ortho intramolecular Hbond substituents is 1. The average molecular weight is 386 g/mol. The molecule has 0 aliphatic rings. The number of nitrogens with zero attached hydrogens (tertiary/aromatic N) is 2. The number of benzene rings is 2. The Morgan fingerprint density at radius 2 is 1.69 bits per heavy atom. The van der Waals surface area contributed by atoms with Crippen LogP contribution in [0.15, 0.2) is 73.1 Å². The molecule has 1 N–H and O–H groups in total. The fourth-order valence-corrected chi connectivity index (χ4v) is 3.63. The molecule has 146 valence electrons. The second kappa shape index (κ2) is 8.19. The number of pyridine rings is 2. The summed E-state index contributed by atoms with van der Waals surface area (Å²) in [7, 11) is 3.23. The molecule has 2 heterocycles. The maximum absolute atomic E-state index is 11.0. The first-order chi connectivity index (χ1) is 14.2. The summed E-state index contributed by atoms with van der Waals surface area (Å²) in [6, 6.07) is 19.4. The van der Waals surface area contributed by atoms with E-state index < -0.39 is 0 Å². The van der Waals surface area contributed by atoms with Crippen molar-refractivity contribution in [1.29, 1.82) is 0 Å². The summed E-state index contributed by atoms with van der Waals surface area (Å²) in [5.74, 6) is 1.38. The van der Waals surface area contributed by atoms with Crippen molar-refractivity contribution in [2.75, 3.05) is 14.2 Å². The molecular formula is C24H22N2O3. The van der Waals surface area contributed by atoms with Crippen LogP contribution in [0.1, 0.15) is 22.7 Å². The van der Waals surface area contributed by atoms with Crippen LogP contribution in [0.2, 0.25) is 0 Å². The Balaban J connectivity index is 1.86. The normalized spacial score (nSPS) is 11.9. The van der Waals surface area contributed by atoms with Crippen molar-refractivity contribution in [3.63, 3.8) is 0 Å². The molecule has 5 heteroatoms. The predicted octanol–water partition coefficient (Wildman–Crippen LogP) is 4.73. The molecule has 0 fully saturated rings. The molecule has 2 aromatic carbocycles. The van der Waals surface area contributed by atoms with Gasteiger partial charge in [0.25, 0.3) is 0 Å². The van der Waals surface area contributed by atoms with Crippen LogP contribution >= 0.6 is 0 Å². The molecule has 29 heavy (non-hydrogen) atoms. The van der Waals surface area contributed by atoms with Gasteiger partial charge < -0.3 is 14.6 Å². The van der Waals surface area contributed by atoms with Gasteiger partial charge in [-0.05, 0) is 35.9 Å². The van der Waals surface area contributed by atoms with E-state index in [1.165, 1.54) is 0 Å². The lowest BCUT2D eigenvalue weighted by molar-refractivity contribution is 0.354. The van der Waals surface area contributed by atoms with E-state index in [0.29, 0.717) is 23.4 Å². The number of phenols is 1. The van der Waals surface area contributed by atoms with E-state index in [4.69, 9.17) is 9.47 Å². The topological polar surface area (TPSA) is 64.5 Å². The van der Waals surface area contributed by atoms with Gasteiger partial charge in [-0.2, -0.15) is 0 Å². The lowest BCUT2D eigenvalue weighted by Crippen LogP contribution is -2.08. The van der Waals surface area contributed by atoms with E-state index in [1.54, 1.807) is 26.6 Å². The minimum absolute atomic E-state index is 0.129. The van der Waals surface area contributed by atoms with E-state index in [2.05, 4.69) is 9.97 Å². The Hall–Kier alpha value is -3.60. The largest absolute Gasteiger partial charge is 0.505 e. The van der Waals surface area contributed by atoms with Gasteiger partial charge >= 0.3 is 0 Å². The fraction of sp³-hybridized carbons (Fsp3) is 0.167. The standard InChI is InChI=1S/C24H22N2O3/c1-28-21-11-9-17(14-22(21)29-2)20(15-18-7-3-4-12-25-18)19-10-8-16-6-5-13-26-23(16)24(19)27/h3-14,20,27H,15H2,1-2H3. The third-order valence-corrected chi connectivity index (χ3v) is 5.10. The van der Waals surface area contributed by atoms with Crippen LogP contribution in [0, 0.1) is 0 Å². The summed E-state index contributed by atoms with van der Waals surface area (Å²) >= 11 is 0. The van der Waals surface area contributed by atoms with Gasteiger partial charge in [0.15, 0.2) is 11.5 Å². The third-order valence-electron chi connectivity index (χ3n) is 5.10. The zero-order valence-corrected chi connectivity index (χ0v) is 16.4. The summed E-state index contributed by atoms with van der Waals surface area (Å²) < 4.78 is 10.9. The zero-order valence-electron chi connectivity index (χ0n) is 16.4. The van der Waals surface area contributed by atoms with Gasteiger partial charge in [0.05, 0.1) is 14.2 Å². The molecule has 0 radical (unpaired) electrons. The minimum Gasteiger partial charge on any atom is -0.505 e. The molecule has 0 aliphatic carbocycles. The highest BCUT2D eigenvalue weighted by Crippen LogP contribution is 2.40. The number of rotatable bonds is 6. The van der Waals surface area contributed by atoms with Gasteiger partial charge in [-0.1, -0.05) is 30.3 Å². The Morgan fingerprint density at radius 3 is 2.45 bits per heavy atom. The van der Waals surface area contributed by atoms with Crippen LogP contribution in [0.25, 0.3) is 10.9 Å². The number of methoxy groups -OCH3 is 2. The predicted molar refractivity (Wildman–Crippen MR) is 113 cm³/mol. The average Bonchev–Trinajstić information content (AvgIpc) is 2.78. The van der Waals surface area contributed by atoms with Gasteiger partial charge in [-0.25, -0.2) is 0 Å². The lowest BCUT2D eigenvalue weighted by Gasteiger charge is -2.21. The van der Waals surface area contributed by atoms with E-state index >= 15 is 0 Å². The van der Waals surface area contributed by atoms with Crippen molar-refractivity contribution in [1.82, 2.24) is 9.97 Å². The molecule has 0 aliphatic heterocycles. The number of aromatic hydroxyl groups is 1. The van der Waals surface area contributed by atoms with Crippen LogP contribution in [-0.2, 0) is 6.42 Å². The van der Waals surface area contributed by atoms with Crippen LogP contribution < -0.4 is 9.47 Å². The molecule has 0 bridgehead atoms. The molecule has 4 aromatic rings. The maximum Gasteiger partial charge on any atom is 0.161 e. The van der Waals surface area contributed by atoms with Crippen molar-refractivity contribution in [3.8, 4) is 17.2 Å². The van der Waals surface area contributed by atoms with E-state index in [-0.39, 0.29) is 11.7 Å². The highest BCUT2D eigenvalue weighted by Gasteiger charge is 2.22. The van der Waals surface area contributed by atoms with Crippen LogP contribution in [0.3, 0.4) is 0 Å². The highest BCUT2D eigenvalue weighted by atomic mass is 16.5. The first-order valence-electron chi connectivity index (χ1n) is 9.39. The third kappa shape index (κ3) is 3.72. The molecule has 5 nitrogen and oxygen atoms in total. The van der Waals surface area contributed by atoms with Gasteiger partial charge in [0.2, 0.25) is 0 Å². The van der Waals surface area contributed by atoms with Crippen LogP contribution in [0.4, 0.5) is 0 Å². The first kappa shape index (κ1) is 18.7. The Kier molecular flexibility index (Phi) is 5.29. The molecule has 0 spiro atoms. The molecule has 2 aromatic heterocycles. The maximum atomic E-state index is 11.0. The zero-order chi connectivity index (χ0) is 20.2. The molecule has 4 rings (SSSR count). The summed E-state index contributed by atoms with van der Waals surface area (Å²) in [5.41, 5.74) is 3.33. The second-order valence-electron chi connectivity index (χ2n) is 6.77. The second-order valence-corrected chi connectivity index (χ2v) is 6.77. The van der Waals surface area contributed by atoms with Crippen molar-refractivity contribution < 1.29 is 14.6 Å². The highest BCUT2D eigenvalue weighted by molar-refractivity contribution is 5.85. The molecule has 0 amide bonds. The summed E-state index contributed by atoms with van der Waals surface area (Å²) in [6.45, 7) is 0. The Morgan fingerprint density at radius 1 is 0.862 bits per heavy atom. The summed E-state index contributed by atoms with van der Waals surface area (Å²) in [5, 5.41) is 11.9. The van der Waals surface area contributed by atoms with Crippen molar-refractivity contribution >= 4 is 10.9 Å². The first-order valence-corrected chi connectivity index (χ1v) is 9.39. The molecule has 0 saturated carbocycles. The fourth-order valence-electron chi connectivity index (χ4n) is 3.63. The number of ether oxygens (including phenoxy) is 2. The smallest absolute Gasteiger partial charge is 0.161 e. The number of hydrogen-bond acceptors (Lipinski definition) is 5. The molecule has 1 atom stereocenters. The summed E-state index contributed by atoms with van der Waals surface area (Å²) in [6.07, 6.45) is 4.10. The Bertz CT molecular complexity index is 1130. The monoisotopic (exact) mass is 386 g/mol. The van der Waals surface area contributed by atoms with Crippen molar-refractivity contribution in [3.05, 3.63) is 89.9 Å². The van der Waals surface area contributed by atoms with Gasteiger partial charge in [0.1, 0.15) is 11.3 Å². The van der Waals surface area contributed by atoms with E-state index in [1.807, 2.05) is 60.7 Å². The van der Waals surface area contributed by atoms with Gasteiger partial charge in [-0.3, -0.25) is 9.97 Å². The number of aromatic nitrogens is 2. The summed E-state index contributed by atoms with van der Waals surface area (Å²) in [4.78, 5) is 8.86. The lowest BCUT2D eigenvalue weighted by atomic mass is 9.86. The Labute approximate surface area is 169 Å². The number of fused-ring (bicyclic) bond motifs is 1.